The molecule has 1 N–H and O–H groups in total. The molecule has 0 saturated carbocycles. The average Bonchev–Trinajstić information content (AvgIpc) is 3.00. The molecular weight excluding hydrogens is 376 g/mol. The van der Waals surface area contributed by atoms with Gasteiger partial charge in [0.15, 0.2) is 0 Å². The number of hydrogen-bond donors (Lipinski definition) is 1. The highest BCUT2D eigenvalue weighted by molar-refractivity contribution is 6.30. The highest BCUT2D eigenvalue weighted by atomic mass is 35.5. The molecule has 1 aliphatic heterocycles. The molecule has 1 atom stereocenters. The van der Waals surface area contributed by atoms with Crippen LogP contribution in [-0.4, -0.2) is 20.1 Å². The molecule has 0 radical (unpaired) electrons. The van der Waals surface area contributed by atoms with E-state index in [9.17, 15) is 4.79 Å². The lowest BCUT2D eigenvalue weighted by molar-refractivity contribution is 0.0993. The third kappa shape index (κ3) is 3.25. The van der Waals surface area contributed by atoms with Crippen LogP contribution in [0.3, 0.4) is 0 Å². The number of anilines is 2. The molecule has 0 aliphatic carbocycles. The average molecular weight is 395 g/mol. The molecule has 0 aromatic heterocycles. The molecule has 0 fully saturated rings. The van der Waals surface area contributed by atoms with Crippen molar-refractivity contribution >= 4 is 28.9 Å². The molecule has 6 heteroatoms. The zero-order valence-corrected chi connectivity index (χ0v) is 16.2. The van der Waals surface area contributed by atoms with Crippen molar-refractivity contribution in [1.82, 2.24) is 0 Å². The fraction of sp³-hybridized carbons (Fsp3) is 0.136. The van der Waals surface area contributed by atoms with Crippen molar-refractivity contribution in [2.45, 2.75) is 6.17 Å². The van der Waals surface area contributed by atoms with Crippen molar-refractivity contribution in [3.8, 4) is 11.5 Å². The second-order valence-corrected chi connectivity index (χ2v) is 6.82. The zero-order chi connectivity index (χ0) is 19.7. The number of benzene rings is 3. The van der Waals surface area contributed by atoms with Crippen molar-refractivity contribution < 1.29 is 14.3 Å². The molecule has 1 amide bonds. The Labute approximate surface area is 168 Å². The van der Waals surface area contributed by atoms with E-state index in [2.05, 4.69) is 5.32 Å². The van der Waals surface area contributed by atoms with Crippen LogP contribution >= 0.6 is 11.6 Å². The lowest BCUT2D eigenvalue weighted by Crippen LogP contribution is -2.32. The largest absolute Gasteiger partial charge is 0.497 e. The number of ether oxygens (including phenoxy) is 2. The third-order valence-electron chi connectivity index (χ3n) is 4.72. The topological polar surface area (TPSA) is 50.8 Å². The smallest absolute Gasteiger partial charge is 0.260 e. The Morgan fingerprint density at radius 3 is 2.21 bits per heavy atom. The number of carbonyl (C=O) groups excluding carboxylic acids is 1. The monoisotopic (exact) mass is 394 g/mol. The van der Waals surface area contributed by atoms with Crippen molar-refractivity contribution in [3.63, 3.8) is 0 Å². The fourth-order valence-corrected chi connectivity index (χ4v) is 3.50. The summed E-state index contributed by atoms with van der Waals surface area (Å²) in [5.41, 5.74) is 3.12. The summed E-state index contributed by atoms with van der Waals surface area (Å²) < 4.78 is 10.7. The summed E-state index contributed by atoms with van der Waals surface area (Å²) in [6.07, 6.45) is -0.373. The van der Waals surface area contributed by atoms with Gasteiger partial charge in [0.1, 0.15) is 17.7 Å². The number of nitrogens with one attached hydrogen (secondary N) is 1. The zero-order valence-electron chi connectivity index (χ0n) is 15.5. The first kappa shape index (κ1) is 18.2. The summed E-state index contributed by atoms with van der Waals surface area (Å²) in [4.78, 5) is 14.9. The molecule has 3 aromatic rings. The van der Waals surface area contributed by atoms with Gasteiger partial charge in [-0.05, 0) is 30.3 Å². The van der Waals surface area contributed by atoms with Gasteiger partial charge in [-0.25, -0.2) is 0 Å². The normalized spacial score (nSPS) is 15.3. The summed E-state index contributed by atoms with van der Waals surface area (Å²) in [6, 6.07) is 20.4. The van der Waals surface area contributed by atoms with E-state index in [1.807, 2.05) is 48.5 Å². The lowest BCUT2D eigenvalue weighted by Gasteiger charge is -2.27. The molecule has 0 unspecified atom stereocenters. The molecule has 0 bridgehead atoms. The lowest BCUT2D eigenvalue weighted by atomic mass is 10.1. The Kier molecular flexibility index (Phi) is 4.84. The van der Waals surface area contributed by atoms with Crippen LogP contribution in [0.15, 0.2) is 66.7 Å². The van der Waals surface area contributed by atoms with E-state index in [4.69, 9.17) is 21.1 Å². The summed E-state index contributed by atoms with van der Waals surface area (Å²) in [5, 5.41) is 4.07. The summed E-state index contributed by atoms with van der Waals surface area (Å²) >= 11 is 6.03. The molecule has 0 saturated heterocycles. The van der Waals surface area contributed by atoms with Crippen LogP contribution in [0.1, 0.15) is 22.1 Å². The van der Waals surface area contributed by atoms with Gasteiger partial charge < -0.3 is 14.8 Å². The van der Waals surface area contributed by atoms with Gasteiger partial charge in [0.2, 0.25) is 0 Å². The molecule has 1 aliphatic rings. The third-order valence-corrected chi connectivity index (χ3v) is 4.97. The van der Waals surface area contributed by atoms with Crippen LogP contribution in [0.4, 0.5) is 11.4 Å². The molecular formula is C22H19ClN2O3. The SMILES string of the molecule is COc1cc(N[C@H]2c3ccccc3C(=O)N2c2ccc(Cl)cc2)cc(OC)c1. The highest BCUT2D eigenvalue weighted by Crippen LogP contribution is 2.39. The maximum absolute atomic E-state index is 13.1. The number of methoxy groups -OCH3 is 2. The first-order valence-corrected chi connectivity index (χ1v) is 9.16. The molecule has 4 rings (SSSR count). The van der Waals surface area contributed by atoms with Gasteiger partial charge in [0, 0.05) is 45.7 Å². The Balaban J connectivity index is 1.77. The maximum Gasteiger partial charge on any atom is 0.260 e. The Morgan fingerprint density at radius 1 is 0.929 bits per heavy atom. The number of amides is 1. The standard InChI is InChI=1S/C22H19ClN2O3/c1-27-17-11-15(12-18(13-17)28-2)24-21-19-5-3-4-6-20(19)22(26)25(21)16-9-7-14(23)8-10-16/h3-13,21,24H,1-2H3/t21-/m1/s1. The van der Waals surface area contributed by atoms with Crippen molar-refractivity contribution in [2.75, 3.05) is 24.4 Å². The number of halogens is 1. The van der Waals surface area contributed by atoms with Crippen LogP contribution in [0.5, 0.6) is 11.5 Å². The predicted octanol–water partition coefficient (Wildman–Crippen LogP) is 5.13. The molecule has 28 heavy (non-hydrogen) atoms. The minimum atomic E-state index is -0.373. The van der Waals surface area contributed by atoms with Crippen molar-refractivity contribution in [2.24, 2.45) is 0 Å². The minimum Gasteiger partial charge on any atom is -0.497 e. The number of rotatable bonds is 5. The first-order chi connectivity index (χ1) is 13.6. The second-order valence-electron chi connectivity index (χ2n) is 6.39. The fourth-order valence-electron chi connectivity index (χ4n) is 3.38. The van der Waals surface area contributed by atoms with E-state index < -0.39 is 0 Å². The first-order valence-electron chi connectivity index (χ1n) is 8.78. The van der Waals surface area contributed by atoms with E-state index in [1.54, 1.807) is 37.3 Å². The van der Waals surface area contributed by atoms with E-state index in [1.165, 1.54) is 0 Å². The Bertz CT molecular complexity index is 998. The number of nitrogens with zero attached hydrogens (tertiary/aromatic N) is 1. The van der Waals surface area contributed by atoms with Gasteiger partial charge in [-0.3, -0.25) is 9.69 Å². The predicted molar refractivity (Wildman–Crippen MR) is 111 cm³/mol. The van der Waals surface area contributed by atoms with Gasteiger partial charge >= 0.3 is 0 Å². The minimum absolute atomic E-state index is 0.0646. The quantitative estimate of drug-likeness (QED) is 0.651. The molecule has 5 nitrogen and oxygen atoms in total. The van der Waals surface area contributed by atoms with Crippen LogP contribution in [0.25, 0.3) is 0 Å². The van der Waals surface area contributed by atoms with Gasteiger partial charge in [0.25, 0.3) is 5.91 Å². The van der Waals surface area contributed by atoms with Crippen LogP contribution < -0.4 is 19.7 Å². The molecule has 142 valence electrons. The summed E-state index contributed by atoms with van der Waals surface area (Å²) in [7, 11) is 3.21. The van der Waals surface area contributed by atoms with Crippen molar-refractivity contribution in [3.05, 3.63) is 82.9 Å². The van der Waals surface area contributed by atoms with Crippen LogP contribution in [-0.2, 0) is 0 Å². The molecule has 0 spiro atoms. The van der Waals surface area contributed by atoms with E-state index >= 15 is 0 Å². The van der Waals surface area contributed by atoms with Crippen molar-refractivity contribution in [1.29, 1.82) is 0 Å². The molecule has 3 aromatic carbocycles. The number of fused-ring (bicyclic) bond motifs is 1. The molecule has 1 heterocycles. The number of hydrogen-bond acceptors (Lipinski definition) is 4. The van der Waals surface area contributed by atoms with Gasteiger partial charge in [-0.15, -0.1) is 0 Å². The van der Waals surface area contributed by atoms with E-state index in [0.717, 1.165) is 16.9 Å². The van der Waals surface area contributed by atoms with Crippen LogP contribution in [0.2, 0.25) is 5.02 Å². The number of carbonyl (C=O) groups is 1. The van der Waals surface area contributed by atoms with Crippen LogP contribution in [0, 0.1) is 0 Å². The highest BCUT2D eigenvalue weighted by Gasteiger charge is 2.37. The van der Waals surface area contributed by atoms with Gasteiger partial charge in [-0.1, -0.05) is 29.8 Å². The van der Waals surface area contributed by atoms with E-state index in [0.29, 0.717) is 22.1 Å². The Hall–Kier alpha value is -3.18. The van der Waals surface area contributed by atoms with E-state index in [-0.39, 0.29) is 12.1 Å². The maximum atomic E-state index is 13.1. The summed E-state index contributed by atoms with van der Waals surface area (Å²) in [6.45, 7) is 0. The van der Waals surface area contributed by atoms with Gasteiger partial charge in [-0.2, -0.15) is 0 Å². The second kappa shape index (κ2) is 7.44. The summed E-state index contributed by atoms with van der Waals surface area (Å²) in [5.74, 6) is 1.26. The Morgan fingerprint density at radius 2 is 1.57 bits per heavy atom. The van der Waals surface area contributed by atoms with Gasteiger partial charge in [0.05, 0.1) is 14.2 Å².